The molecule has 0 radical (unpaired) electrons. The number of carboxylic acids is 1. The Morgan fingerprint density at radius 2 is 0.880 bits per heavy atom. The molecule has 0 aliphatic heterocycles. The van der Waals surface area contributed by atoms with E-state index in [2.05, 4.69) is 6.92 Å². The smallest absolute Gasteiger partial charge is 0.652 e. The van der Waals surface area contributed by atoms with Crippen LogP contribution in [0.2, 0.25) is 0 Å². The minimum atomic E-state index is -2.33. The average Bonchev–Trinajstić information content (AvgIpc) is 2.50. The largest absolute Gasteiger partial charge is 2.00 e. The number of carbonyl (C=O) groups is 2. The fraction of sp³-hybridized carbons (Fsp3) is 0.895. The van der Waals surface area contributed by atoms with E-state index in [0.717, 1.165) is 12.8 Å². The van der Waals surface area contributed by atoms with Crippen molar-refractivity contribution in [2.24, 2.45) is 0 Å². The molecule has 6 heteroatoms. The third-order valence-corrected chi connectivity index (χ3v) is 3.99. The summed E-state index contributed by atoms with van der Waals surface area (Å²) < 4.78 is 0. The monoisotopic (exact) mass is 408 g/mol. The molecule has 0 unspecified atom stereocenters. The van der Waals surface area contributed by atoms with E-state index in [1.807, 2.05) is 0 Å². The van der Waals surface area contributed by atoms with Crippen LogP contribution in [-0.4, -0.2) is 17.2 Å². The number of rotatable bonds is 16. The topological polar surface area (TPSA) is 100 Å². The van der Waals surface area contributed by atoms with Crippen LogP contribution in [0.25, 0.3) is 0 Å². The van der Waals surface area contributed by atoms with Crippen LogP contribution >= 0.6 is 0 Å². The number of hydrogen-bond acceptors (Lipinski definition) is 4. The van der Waals surface area contributed by atoms with E-state index in [4.69, 9.17) is 20.1 Å². The molecule has 1 N–H and O–H groups in total. The van der Waals surface area contributed by atoms with E-state index in [-0.39, 0.29) is 19.5 Å². The van der Waals surface area contributed by atoms with Crippen LogP contribution in [-0.2, 0) is 24.3 Å². The second kappa shape index (κ2) is 25.6. The molecule has 0 rings (SSSR count). The molecule has 25 heavy (non-hydrogen) atoms. The summed E-state index contributed by atoms with van der Waals surface area (Å²) in [6.45, 7) is 2.27. The van der Waals surface area contributed by atoms with Gasteiger partial charge in [0.05, 0.1) is 0 Å². The van der Waals surface area contributed by atoms with Crippen molar-refractivity contribution in [3.05, 3.63) is 0 Å². The Balaban J connectivity index is -0.000000867. The van der Waals surface area contributed by atoms with Crippen LogP contribution in [0.4, 0.5) is 4.79 Å². The van der Waals surface area contributed by atoms with Gasteiger partial charge in [-0.25, -0.2) is 0 Å². The molecule has 0 bridgehead atoms. The molecule has 0 saturated carbocycles. The van der Waals surface area contributed by atoms with Gasteiger partial charge in [-0.15, -0.1) is 0 Å². The Morgan fingerprint density at radius 1 is 0.640 bits per heavy atom. The molecule has 0 amide bonds. The van der Waals surface area contributed by atoms with Crippen molar-refractivity contribution in [3.8, 4) is 0 Å². The van der Waals surface area contributed by atoms with E-state index in [1.54, 1.807) is 0 Å². The molecule has 5 nitrogen and oxygen atoms in total. The fourth-order valence-corrected chi connectivity index (χ4v) is 2.65. The first kappa shape index (κ1) is 29.1. The van der Waals surface area contributed by atoms with Gasteiger partial charge < -0.3 is 20.1 Å². The minimum absolute atomic E-state index is 0. The van der Waals surface area contributed by atoms with E-state index in [1.165, 1.54) is 83.5 Å². The molecule has 0 atom stereocenters. The Kier molecular flexibility index (Phi) is 29.8. The summed E-state index contributed by atoms with van der Waals surface area (Å²) in [6, 6.07) is 0. The van der Waals surface area contributed by atoms with Gasteiger partial charge in [0.1, 0.15) is 0 Å². The van der Waals surface area contributed by atoms with Crippen molar-refractivity contribution < 1.29 is 44.4 Å². The Morgan fingerprint density at radius 3 is 1.12 bits per heavy atom. The molecule has 0 aromatic rings. The second-order valence-electron chi connectivity index (χ2n) is 6.34. The van der Waals surface area contributed by atoms with Gasteiger partial charge in [0.2, 0.25) is 0 Å². The minimum Gasteiger partial charge on any atom is -0.652 e. The predicted molar refractivity (Wildman–Crippen MR) is 92.6 cm³/mol. The van der Waals surface area contributed by atoms with E-state index in [0.29, 0.717) is 6.42 Å². The van der Waals surface area contributed by atoms with Crippen molar-refractivity contribution in [2.75, 3.05) is 0 Å². The molecule has 0 aliphatic rings. The summed E-state index contributed by atoms with van der Waals surface area (Å²) in [4.78, 5) is 18.7. The van der Waals surface area contributed by atoms with Crippen LogP contribution in [0.15, 0.2) is 0 Å². The van der Waals surface area contributed by atoms with Crippen molar-refractivity contribution >= 4 is 12.1 Å². The van der Waals surface area contributed by atoms with Gasteiger partial charge in [0.15, 0.2) is 0 Å². The first-order valence-corrected chi connectivity index (χ1v) is 9.60. The third kappa shape index (κ3) is 39.8. The van der Waals surface area contributed by atoms with Crippen molar-refractivity contribution in [1.82, 2.24) is 0 Å². The van der Waals surface area contributed by atoms with Gasteiger partial charge in [0, 0.05) is 6.42 Å². The maximum Gasteiger partial charge on any atom is 2.00 e. The van der Waals surface area contributed by atoms with Gasteiger partial charge in [-0.05, 0) is 12.6 Å². The zero-order valence-corrected chi connectivity index (χ0v) is 19.1. The zero-order valence-electron chi connectivity index (χ0n) is 16.1. The van der Waals surface area contributed by atoms with Gasteiger partial charge in [-0.1, -0.05) is 96.8 Å². The number of aliphatic carboxylic acids is 1. The molecule has 144 valence electrons. The normalized spacial score (nSPS) is 9.64. The van der Waals surface area contributed by atoms with Gasteiger partial charge in [-0.3, -0.25) is 4.79 Å². The van der Waals surface area contributed by atoms with Gasteiger partial charge in [-0.2, -0.15) is 0 Å². The average molecular weight is 410 g/mol. The summed E-state index contributed by atoms with van der Waals surface area (Å²) in [7, 11) is 0. The molecule has 0 fully saturated rings. The van der Waals surface area contributed by atoms with Crippen LogP contribution in [0.5, 0.6) is 0 Å². The quantitative estimate of drug-likeness (QED) is 0.308. The van der Waals surface area contributed by atoms with Crippen molar-refractivity contribution in [2.45, 2.75) is 110 Å². The number of unbranched alkanes of at least 4 members (excludes halogenated alkanes) is 14. The second-order valence-corrected chi connectivity index (χ2v) is 6.34. The molecule has 0 saturated heterocycles. The molecule has 0 heterocycles. The van der Waals surface area contributed by atoms with Crippen LogP contribution in [0.1, 0.15) is 110 Å². The molecular weight excluding hydrogens is 374 g/mol. The molecule has 0 spiro atoms. The van der Waals surface area contributed by atoms with E-state index >= 15 is 0 Å². The summed E-state index contributed by atoms with van der Waals surface area (Å²) in [5, 5.41) is 25.2. The molecule has 0 aliphatic carbocycles. The summed E-state index contributed by atoms with van der Waals surface area (Å²) >= 11 is 0. The standard InChI is InChI=1S/C18H36O2.CH2O3.Zn/c1-2-3-4-5-6-7-8-9-10-11-12-13-14-15-16-17-18(19)20;2-1(3)4;/h2-17H2,1H3,(H,19,20);(H2,2,3,4);/q;;+2/p-2. The first-order valence-electron chi connectivity index (χ1n) is 9.60. The molecular formula is C19H36O5Zn. The Bertz CT molecular complexity index is 281. The van der Waals surface area contributed by atoms with Gasteiger partial charge in [0.25, 0.3) is 0 Å². The number of carboxylic acid groups (broad SMARTS) is 3. The van der Waals surface area contributed by atoms with Gasteiger partial charge >= 0.3 is 25.4 Å². The zero-order chi connectivity index (χ0) is 18.5. The summed E-state index contributed by atoms with van der Waals surface area (Å²) in [5.74, 6) is -0.653. The number of hydrogen-bond donors (Lipinski definition) is 1. The van der Waals surface area contributed by atoms with Crippen molar-refractivity contribution in [3.63, 3.8) is 0 Å². The van der Waals surface area contributed by atoms with Crippen molar-refractivity contribution in [1.29, 1.82) is 0 Å². The third-order valence-electron chi connectivity index (χ3n) is 3.99. The van der Waals surface area contributed by atoms with E-state index in [9.17, 15) is 4.79 Å². The SMILES string of the molecule is CCCCCCCCCCCCCCCCCC(=O)O.O=C([O-])[O-].[Zn+2]. The van der Waals surface area contributed by atoms with E-state index < -0.39 is 12.1 Å². The Hall–Kier alpha value is -0.637. The summed E-state index contributed by atoms with van der Waals surface area (Å²) in [5.41, 5.74) is 0. The predicted octanol–water partition coefficient (Wildman–Crippen LogP) is 3.88. The maximum atomic E-state index is 10.3. The van der Waals surface area contributed by atoms with Crippen LogP contribution in [0, 0.1) is 0 Å². The maximum absolute atomic E-state index is 10.3. The summed E-state index contributed by atoms with van der Waals surface area (Å²) in [6.07, 6.45) is 17.9. The van der Waals surface area contributed by atoms with Crippen LogP contribution < -0.4 is 10.2 Å². The Labute approximate surface area is 166 Å². The van der Waals surface area contributed by atoms with Crippen LogP contribution in [0.3, 0.4) is 0 Å². The molecule has 0 aromatic carbocycles. The first-order chi connectivity index (χ1) is 11.5. The molecule has 0 aromatic heterocycles. The fourth-order valence-electron chi connectivity index (χ4n) is 2.65. The number of carbonyl (C=O) groups excluding carboxylic acids is 1.